The number of benzene rings is 2. The molecule has 0 aliphatic heterocycles. The van der Waals surface area contributed by atoms with E-state index in [0.717, 1.165) is 11.6 Å². The van der Waals surface area contributed by atoms with Gasteiger partial charge in [0.1, 0.15) is 0 Å². The summed E-state index contributed by atoms with van der Waals surface area (Å²) in [5.41, 5.74) is 1.62. The van der Waals surface area contributed by atoms with E-state index in [2.05, 4.69) is 13.8 Å². The van der Waals surface area contributed by atoms with Crippen molar-refractivity contribution in [3.05, 3.63) is 64.0 Å². The molecule has 0 spiro atoms. The molecule has 0 aromatic heterocycles. The molecule has 98 valence electrons. The fourth-order valence-electron chi connectivity index (χ4n) is 1.98. The Morgan fingerprint density at radius 2 is 1.74 bits per heavy atom. The molecule has 4 heteroatoms. The highest BCUT2D eigenvalue weighted by atomic mass is 19.1. The van der Waals surface area contributed by atoms with Crippen LogP contribution in [0.3, 0.4) is 0 Å². The fraction of sp³-hybridized carbons (Fsp3) is 0.200. The zero-order valence-electron chi connectivity index (χ0n) is 10.8. The van der Waals surface area contributed by atoms with Crippen LogP contribution in [0, 0.1) is 15.9 Å². The molecule has 0 radical (unpaired) electrons. The second-order valence-electron chi connectivity index (χ2n) is 4.67. The highest BCUT2D eigenvalue weighted by molar-refractivity contribution is 5.73. The maximum absolute atomic E-state index is 13.6. The van der Waals surface area contributed by atoms with E-state index < -0.39 is 16.4 Å². The molecule has 3 nitrogen and oxygen atoms in total. The number of rotatable bonds is 3. The van der Waals surface area contributed by atoms with Crippen LogP contribution >= 0.6 is 0 Å². The number of nitrogens with zero attached hydrogens (tertiary/aromatic N) is 1. The lowest BCUT2D eigenvalue weighted by molar-refractivity contribution is -0.386. The van der Waals surface area contributed by atoms with Gasteiger partial charge in [-0.2, -0.15) is 4.39 Å². The van der Waals surface area contributed by atoms with Gasteiger partial charge in [-0.3, -0.25) is 10.1 Å². The van der Waals surface area contributed by atoms with Crippen molar-refractivity contribution in [2.75, 3.05) is 0 Å². The lowest BCUT2D eigenvalue weighted by Gasteiger charge is -2.07. The van der Waals surface area contributed by atoms with Crippen LogP contribution in [0.15, 0.2) is 42.5 Å². The molecular weight excluding hydrogens is 245 g/mol. The SMILES string of the molecule is CC(C)c1ccc(-c2cccc(F)c2[N+](=O)[O-])cc1. The van der Waals surface area contributed by atoms with Crippen molar-refractivity contribution in [1.29, 1.82) is 0 Å². The molecule has 0 bridgehead atoms. The molecular formula is C15H14FNO2. The molecule has 2 rings (SSSR count). The van der Waals surface area contributed by atoms with Gasteiger partial charge in [0.05, 0.1) is 10.5 Å². The van der Waals surface area contributed by atoms with Crippen molar-refractivity contribution >= 4 is 5.69 Å². The summed E-state index contributed by atoms with van der Waals surface area (Å²) in [6.45, 7) is 4.14. The van der Waals surface area contributed by atoms with Crippen molar-refractivity contribution in [2.45, 2.75) is 19.8 Å². The van der Waals surface area contributed by atoms with Gasteiger partial charge in [-0.25, -0.2) is 0 Å². The summed E-state index contributed by atoms with van der Waals surface area (Å²) in [7, 11) is 0. The van der Waals surface area contributed by atoms with Crippen LogP contribution in [-0.2, 0) is 0 Å². The van der Waals surface area contributed by atoms with Crippen LogP contribution in [0.2, 0.25) is 0 Å². The van der Waals surface area contributed by atoms with Gasteiger partial charge in [-0.05, 0) is 29.2 Å². The Labute approximate surface area is 110 Å². The van der Waals surface area contributed by atoms with Gasteiger partial charge < -0.3 is 0 Å². The third-order valence-corrected chi connectivity index (χ3v) is 3.06. The Morgan fingerprint density at radius 3 is 2.26 bits per heavy atom. The van der Waals surface area contributed by atoms with Crippen molar-refractivity contribution in [2.24, 2.45) is 0 Å². The molecule has 19 heavy (non-hydrogen) atoms. The standard InChI is InChI=1S/C15H14FNO2/c1-10(2)11-6-8-12(9-7-11)13-4-3-5-14(16)15(13)17(18)19/h3-10H,1-2H3. The first-order valence-electron chi connectivity index (χ1n) is 6.04. The number of hydrogen-bond donors (Lipinski definition) is 0. The molecule has 0 amide bonds. The lowest BCUT2D eigenvalue weighted by atomic mass is 9.98. The second-order valence-corrected chi connectivity index (χ2v) is 4.67. The van der Waals surface area contributed by atoms with Gasteiger partial charge in [0.25, 0.3) is 0 Å². The van der Waals surface area contributed by atoms with Crippen LogP contribution in [0.5, 0.6) is 0 Å². The zero-order valence-corrected chi connectivity index (χ0v) is 10.8. The highest BCUT2D eigenvalue weighted by Gasteiger charge is 2.20. The van der Waals surface area contributed by atoms with Crippen LogP contribution in [0.4, 0.5) is 10.1 Å². The number of nitro benzene ring substituents is 1. The van der Waals surface area contributed by atoms with Gasteiger partial charge in [-0.15, -0.1) is 0 Å². The first kappa shape index (κ1) is 13.2. The van der Waals surface area contributed by atoms with Gasteiger partial charge >= 0.3 is 5.69 Å². The fourth-order valence-corrected chi connectivity index (χ4v) is 1.98. The van der Waals surface area contributed by atoms with E-state index in [9.17, 15) is 14.5 Å². The maximum atomic E-state index is 13.6. The minimum Gasteiger partial charge on any atom is -0.258 e. The summed E-state index contributed by atoms with van der Waals surface area (Å²) in [5.74, 6) is -0.424. The largest absolute Gasteiger partial charge is 0.312 e. The normalized spacial score (nSPS) is 10.7. The Morgan fingerprint density at radius 1 is 1.11 bits per heavy atom. The Bertz CT molecular complexity index is 606. The van der Waals surface area contributed by atoms with Gasteiger partial charge in [0, 0.05) is 0 Å². The molecule has 0 saturated carbocycles. The zero-order chi connectivity index (χ0) is 14.0. The summed E-state index contributed by atoms with van der Waals surface area (Å²) in [6.07, 6.45) is 0. The molecule has 2 aromatic rings. The molecule has 0 saturated heterocycles. The van der Waals surface area contributed by atoms with Gasteiger partial charge in [-0.1, -0.05) is 44.2 Å². The highest BCUT2D eigenvalue weighted by Crippen LogP contribution is 2.32. The van der Waals surface area contributed by atoms with Crippen molar-refractivity contribution < 1.29 is 9.31 Å². The Kier molecular flexibility index (Phi) is 3.60. The van der Waals surface area contributed by atoms with E-state index in [1.54, 1.807) is 18.2 Å². The maximum Gasteiger partial charge on any atom is 0.312 e. The minimum absolute atomic E-state index is 0.306. The van der Waals surface area contributed by atoms with E-state index in [1.165, 1.54) is 6.07 Å². The van der Waals surface area contributed by atoms with Crippen molar-refractivity contribution in [3.63, 3.8) is 0 Å². The van der Waals surface area contributed by atoms with Crippen LogP contribution < -0.4 is 0 Å². The van der Waals surface area contributed by atoms with Crippen molar-refractivity contribution in [1.82, 2.24) is 0 Å². The minimum atomic E-state index is -0.810. The molecule has 0 unspecified atom stereocenters. The average Bonchev–Trinajstić information content (AvgIpc) is 2.38. The van der Waals surface area contributed by atoms with E-state index in [0.29, 0.717) is 17.0 Å². The topological polar surface area (TPSA) is 43.1 Å². The third-order valence-electron chi connectivity index (χ3n) is 3.06. The predicted octanol–water partition coefficient (Wildman–Crippen LogP) is 4.52. The lowest BCUT2D eigenvalue weighted by Crippen LogP contribution is -1.96. The summed E-state index contributed by atoms with van der Waals surface area (Å²) < 4.78 is 13.6. The first-order chi connectivity index (χ1) is 9.00. The molecule has 0 aliphatic rings. The third kappa shape index (κ3) is 2.62. The Hall–Kier alpha value is -2.23. The molecule has 0 heterocycles. The molecule has 0 fully saturated rings. The molecule has 0 aliphatic carbocycles. The monoisotopic (exact) mass is 259 g/mol. The van der Waals surface area contributed by atoms with Crippen LogP contribution in [-0.4, -0.2) is 4.92 Å². The van der Waals surface area contributed by atoms with Crippen LogP contribution in [0.1, 0.15) is 25.3 Å². The molecule has 2 aromatic carbocycles. The Balaban J connectivity index is 2.53. The smallest absolute Gasteiger partial charge is 0.258 e. The van der Waals surface area contributed by atoms with E-state index in [4.69, 9.17) is 0 Å². The van der Waals surface area contributed by atoms with E-state index in [-0.39, 0.29) is 0 Å². The average molecular weight is 259 g/mol. The first-order valence-corrected chi connectivity index (χ1v) is 6.04. The van der Waals surface area contributed by atoms with E-state index >= 15 is 0 Å². The van der Waals surface area contributed by atoms with Gasteiger partial charge in [0.15, 0.2) is 0 Å². The number of nitro groups is 1. The van der Waals surface area contributed by atoms with E-state index in [1.807, 2.05) is 12.1 Å². The summed E-state index contributed by atoms with van der Waals surface area (Å²) in [4.78, 5) is 10.3. The summed E-state index contributed by atoms with van der Waals surface area (Å²) >= 11 is 0. The van der Waals surface area contributed by atoms with Crippen LogP contribution in [0.25, 0.3) is 11.1 Å². The quantitative estimate of drug-likeness (QED) is 0.600. The molecule has 0 atom stereocenters. The second kappa shape index (κ2) is 5.18. The summed E-state index contributed by atoms with van der Waals surface area (Å²) in [5, 5.41) is 11.0. The summed E-state index contributed by atoms with van der Waals surface area (Å²) in [6, 6.07) is 11.5. The van der Waals surface area contributed by atoms with Gasteiger partial charge in [0.2, 0.25) is 5.82 Å². The predicted molar refractivity (Wildman–Crippen MR) is 72.6 cm³/mol. The number of hydrogen-bond acceptors (Lipinski definition) is 2. The van der Waals surface area contributed by atoms with Crippen molar-refractivity contribution in [3.8, 4) is 11.1 Å². The number of para-hydroxylation sites is 1. The number of halogens is 1. The molecule has 0 N–H and O–H groups in total.